The number of carbonyl (C=O) groups excluding carboxylic acids is 1. The van der Waals surface area contributed by atoms with E-state index in [4.69, 9.17) is 5.73 Å². The van der Waals surface area contributed by atoms with Gasteiger partial charge in [0.05, 0.1) is 4.75 Å². The van der Waals surface area contributed by atoms with Crippen LogP contribution in [0.25, 0.3) is 0 Å². The zero-order valence-corrected chi connectivity index (χ0v) is 15.1. The van der Waals surface area contributed by atoms with Crippen molar-refractivity contribution in [3.8, 4) is 0 Å². The quantitative estimate of drug-likeness (QED) is 0.916. The van der Waals surface area contributed by atoms with Crippen LogP contribution in [0.5, 0.6) is 0 Å². The van der Waals surface area contributed by atoms with E-state index in [-0.39, 0.29) is 10.2 Å². The number of carbonyl (C=O) groups is 1. The highest BCUT2D eigenvalue weighted by molar-refractivity contribution is 8.01. The normalized spacial score (nSPS) is 26.7. The van der Waals surface area contributed by atoms with Crippen LogP contribution < -0.4 is 5.73 Å². The first kappa shape index (κ1) is 16.8. The number of nitrogens with zero attached hydrogens (tertiary/aromatic N) is 1. The predicted octanol–water partition coefficient (Wildman–Crippen LogP) is 3.60. The Balaban J connectivity index is 1.78. The molecule has 2 N–H and O–H groups in total. The van der Waals surface area contributed by atoms with Crippen LogP contribution in [0.3, 0.4) is 0 Å². The summed E-state index contributed by atoms with van der Waals surface area (Å²) in [5, 5.41) is 0. The maximum Gasteiger partial charge on any atom is 0.239 e. The molecule has 0 bridgehead atoms. The van der Waals surface area contributed by atoms with Gasteiger partial charge >= 0.3 is 0 Å². The van der Waals surface area contributed by atoms with Gasteiger partial charge in [-0.2, -0.15) is 0 Å². The summed E-state index contributed by atoms with van der Waals surface area (Å²) >= 11 is 1.79. The van der Waals surface area contributed by atoms with E-state index in [2.05, 4.69) is 43.0 Å². The Morgan fingerprint density at radius 2 is 1.87 bits per heavy atom. The average molecular weight is 333 g/mol. The van der Waals surface area contributed by atoms with Crippen molar-refractivity contribution in [1.82, 2.24) is 4.90 Å². The Labute approximate surface area is 144 Å². The molecule has 4 heteroatoms. The van der Waals surface area contributed by atoms with Gasteiger partial charge in [-0.3, -0.25) is 4.79 Å². The molecule has 1 heterocycles. The summed E-state index contributed by atoms with van der Waals surface area (Å²) in [6, 6.07) is 8.58. The van der Waals surface area contributed by atoms with Gasteiger partial charge in [-0.15, -0.1) is 11.8 Å². The molecular formula is C19H28N2OS. The minimum atomic E-state index is -0.255. The first-order chi connectivity index (χ1) is 11.0. The van der Waals surface area contributed by atoms with Crippen LogP contribution in [-0.2, 0) is 4.79 Å². The lowest BCUT2D eigenvalue weighted by atomic mass is 9.90. The van der Waals surface area contributed by atoms with Crippen molar-refractivity contribution in [2.45, 2.75) is 55.6 Å². The van der Waals surface area contributed by atoms with Crippen molar-refractivity contribution in [2.24, 2.45) is 11.1 Å². The molecule has 2 aliphatic rings. The van der Waals surface area contributed by atoms with Crippen molar-refractivity contribution < 1.29 is 4.79 Å². The second-order valence-electron chi connectivity index (χ2n) is 7.61. The van der Waals surface area contributed by atoms with Gasteiger partial charge < -0.3 is 10.6 Å². The molecule has 1 atom stereocenters. The first-order valence-electron chi connectivity index (χ1n) is 8.72. The molecule has 3 rings (SSSR count). The Hall–Kier alpha value is -1.00. The third kappa shape index (κ3) is 3.43. The van der Waals surface area contributed by atoms with Crippen LogP contribution in [0, 0.1) is 12.3 Å². The Morgan fingerprint density at radius 3 is 2.43 bits per heavy atom. The predicted molar refractivity (Wildman–Crippen MR) is 96.6 cm³/mol. The van der Waals surface area contributed by atoms with E-state index >= 15 is 0 Å². The molecule has 1 saturated heterocycles. The number of benzene rings is 1. The standard InChI is InChI=1S/C19H28N2OS/c1-15-5-7-16(8-6-15)23-19(9-3-4-10-19)17(22)21-12-11-18(2,13-20)14-21/h5-8H,3-4,9-14,20H2,1-2H3. The van der Waals surface area contributed by atoms with Crippen LogP contribution in [0.1, 0.15) is 44.6 Å². The number of aryl methyl sites for hydroxylation is 1. The SMILES string of the molecule is Cc1ccc(SC2(C(=O)N3CCC(C)(CN)C3)CCCC2)cc1. The van der Waals surface area contributed by atoms with E-state index in [1.54, 1.807) is 11.8 Å². The second kappa shape index (κ2) is 6.48. The molecule has 1 aromatic carbocycles. The van der Waals surface area contributed by atoms with E-state index < -0.39 is 0 Å². The molecule has 0 spiro atoms. The van der Waals surface area contributed by atoms with E-state index in [1.165, 1.54) is 10.5 Å². The summed E-state index contributed by atoms with van der Waals surface area (Å²) in [6.07, 6.45) is 5.35. The van der Waals surface area contributed by atoms with Gasteiger partial charge in [0, 0.05) is 18.0 Å². The number of nitrogens with two attached hydrogens (primary N) is 1. The second-order valence-corrected chi connectivity index (χ2v) is 9.07. The summed E-state index contributed by atoms with van der Waals surface area (Å²) in [4.78, 5) is 16.6. The van der Waals surface area contributed by atoms with Crippen molar-refractivity contribution >= 4 is 17.7 Å². The summed E-state index contributed by atoms with van der Waals surface area (Å²) < 4.78 is -0.255. The summed E-state index contributed by atoms with van der Waals surface area (Å²) in [6.45, 7) is 6.65. The van der Waals surface area contributed by atoms with Gasteiger partial charge in [0.2, 0.25) is 5.91 Å². The van der Waals surface area contributed by atoms with Crippen molar-refractivity contribution in [3.05, 3.63) is 29.8 Å². The number of likely N-dealkylation sites (tertiary alicyclic amines) is 1. The van der Waals surface area contributed by atoms with Gasteiger partial charge in [0.25, 0.3) is 0 Å². The van der Waals surface area contributed by atoms with Crippen LogP contribution in [0.4, 0.5) is 0 Å². The van der Waals surface area contributed by atoms with Gasteiger partial charge in [0.1, 0.15) is 0 Å². The third-order valence-electron chi connectivity index (χ3n) is 5.47. The summed E-state index contributed by atoms with van der Waals surface area (Å²) in [7, 11) is 0. The number of hydrogen-bond acceptors (Lipinski definition) is 3. The van der Waals surface area contributed by atoms with Crippen molar-refractivity contribution in [3.63, 3.8) is 0 Å². The van der Waals surface area contributed by atoms with E-state index in [1.807, 2.05) is 0 Å². The minimum Gasteiger partial charge on any atom is -0.341 e. The lowest BCUT2D eigenvalue weighted by Gasteiger charge is -2.33. The number of amides is 1. The van der Waals surface area contributed by atoms with Crippen LogP contribution in [0.2, 0.25) is 0 Å². The molecule has 23 heavy (non-hydrogen) atoms. The van der Waals surface area contributed by atoms with Crippen LogP contribution in [-0.4, -0.2) is 35.2 Å². The highest BCUT2D eigenvalue weighted by atomic mass is 32.2. The lowest BCUT2D eigenvalue weighted by molar-refractivity contribution is -0.133. The molecular weight excluding hydrogens is 304 g/mol. The molecule has 1 amide bonds. The molecule has 0 radical (unpaired) electrons. The number of rotatable bonds is 4. The van der Waals surface area contributed by atoms with E-state index in [0.29, 0.717) is 12.5 Å². The van der Waals surface area contributed by atoms with Crippen LogP contribution >= 0.6 is 11.8 Å². The number of hydrogen-bond donors (Lipinski definition) is 1. The fourth-order valence-corrected chi connectivity index (χ4v) is 5.22. The number of thioether (sulfide) groups is 1. The third-order valence-corrected chi connectivity index (χ3v) is 6.95. The van der Waals surface area contributed by atoms with Crippen LogP contribution in [0.15, 0.2) is 29.2 Å². The molecule has 126 valence electrons. The topological polar surface area (TPSA) is 46.3 Å². The van der Waals surface area contributed by atoms with E-state index in [9.17, 15) is 4.79 Å². The van der Waals surface area contributed by atoms with Crippen molar-refractivity contribution in [1.29, 1.82) is 0 Å². The fraction of sp³-hybridized carbons (Fsp3) is 0.632. The minimum absolute atomic E-state index is 0.101. The highest BCUT2D eigenvalue weighted by Gasteiger charge is 2.47. The maximum atomic E-state index is 13.3. The molecule has 1 unspecified atom stereocenters. The molecule has 3 nitrogen and oxygen atoms in total. The summed E-state index contributed by atoms with van der Waals surface area (Å²) in [5.41, 5.74) is 7.28. The largest absolute Gasteiger partial charge is 0.341 e. The van der Waals surface area contributed by atoms with Gasteiger partial charge in [0.15, 0.2) is 0 Å². The van der Waals surface area contributed by atoms with Gasteiger partial charge in [-0.25, -0.2) is 0 Å². The lowest BCUT2D eigenvalue weighted by Crippen LogP contribution is -2.45. The molecule has 2 fully saturated rings. The van der Waals surface area contributed by atoms with Crippen molar-refractivity contribution in [2.75, 3.05) is 19.6 Å². The van der Waals surface area contributed by atoms with E-state index in [0.717, 1.165) is 45.2 Å². The Morgan fingerprint density at radius 1 is 1.22 bits per heavy atom. The van der Waals surface area contributed by atoms with Gasteiger partial charge in [-0.1, -0.05) is 37.5 Å². The Kier molecular flexibility index (Phi) is 4.75. The average Bonchev–Trinajstić information content (AvgIpc) is 3.17. The molecule has 1 aliphatic carbocycles. The maximum absolute atomic E-state index is 13.3. The highest BCUT2D eigenvalue weighted by Crippen LogP contribution is 2.47. The zero-order valence-electron chi connectivity index (χ0n) is 14.3. The molecule has 1 aromatic rings. The summed E-state index contributed by atoms with van der Waals surface area (Å²) in [5.74, 6) is 0.345. The molecule has 1 saturated carbocycles. The van der Waals surface area contributed by atoms with Gasteiger partial charge in [-0.05, 0) is 50.3 Å². The zero-order chi connectivity index (χ0) is 16.5. The monoisotopic (exact) mass is 332 g/mol. The molecule has 1 aliphatic heterocycles. The molecule has 0 aromatic heterocycles. The Bertz CT molecular complexity index is 565. The fourth-order valence-electron chi connectivity index (χ4n) is 3.79. The smallest absolute Gasteiger partial charge is 0.239 e. The first-order valence-corrected chi connectivity index (χ1v) is 9.53.